The third-order valence-electron chi connectivity index (χ3n) is 8.38. The SMILES string of the molecule is C[C@@]12CCC[C@H]1[C@@H]1CC[C@H]3C[C@@H](Cl)CC[C@]3(C)[C@H]1CC2.N. The minimum Gasteiger partial charge on any atom is -0.344 e. The summed E-state index contributed by atoms with van der Waals surface area (Å²) in [5, 5.41) is 0.477. The van der Waals surface area contributed by atoms with Crippen LogP contribution in [0, 0.1) is 34.5 Å². The smallest absolute Gasteiger partial charge is 0.0339 e. The second-order valence-corrected chi connectivity index (χ2v) is 9.73. The van der Waals surface area contributed by atoms with E-state index in [1.165, 1.54) is 64.2 Å². The molecule has 4 rings (SSSR count). The number of fused-ring (bicyclic) bond motifs is 5. The Balaban J connectivity index is 0.00000132. The molecule has 0 aromatic carbocycles. The van der Waals surface area contributed by atoms with E-state index in [0.717, 1.165) is 23.7 Å². The highest BCUT2D eigenvalue weighted by atomic mass is 35.5. The van der Waals surface area contributed by atoms with E-state index in [-0.39, 0.29) is 6.15 Å². The molecule has 0 radical (unpaired) electrons. The molecule has 0 aromatic rings. The molecule has 0 aromatic heterocycles. The van der Waals surface area contributed by atoms with Crippen molar-refractivity contribution in [2.75, 3.05) is 0 Å². The van der Waals surface area contributed by atoms with E-state index in [1.54, 1.807) is 0 Å². The number of halogens is 1. The van der Waals surface area contributed by atoms with Crippen LogP contribution < -0.4 is 6.15 Å². The minimum absolute atomic E-state index is 0. The molecule has 0 saturated heterocycles. The highest BCUT2D eigenvalue weighted by Crippen LogP contribution is 2.66. The van der Waals surface area contributed by atoms with Crippen molar-refractivity contribution in [3.05, 3.63) is 0 Å². The van der Waals surface area contributed by atoms with Crippen LogP contribution in [0.15, 0.2) is 0 Å². The van der Waals surface area contributed by atoms with Gasteiger partial charge in [0.05, 0.1) is 0 Å². The van der Waals surface area contributed by atoms with Gasteiger partial charge in [-0.1, -0.05) is 20.3 Å². The van der Waals surface area contributed by atoms with Gasteiger partial charge in [0, 0.05) is 5.38 Å². The van der Waals surface area contributed by atoms with Crippen LogP contribution in [0.2, 0.25) is 0 Å². The molecule has 0 spiro atoms. The molecule has 122 valence electrons. The summed E-state index contributed by atoms with van der Waals surface area (Å²) in [4.78, 5) is 0. The highest BCUT2D eigenvalue weighted by Gasteiger charge is 2.57. The van der Waals surface area contributed by atoms with E-state index in [4.69, 9.17) is 11.6 Å². The molecule has 21 heavy (non-hydrogen) atoms. The minimum atomic E-state index is 0. The fraction of sp³-hybridized carbons (Fsp3) is 1.00. The first-order valence-corrected chi connectivity index (χ1v) is 9.61. The first-order chi connectivity index (χ1) is 9.53. The lowest BCUT2D eigenvalue weighted by Gasteiger charge is -2.60. The van der Waals surface area contributed by atoms with Crippen molar-refractivity contribution in [3.63, 3.8) is 0 Å². The van der Waals surface area contributed by atoms with Crippen molar-refractivity contribution in [3.8, 4) is 0 Å². The Labute approximate surface area is 136 Å². The largest absolute Gasteiger partial charge is 0.344 e. The second kappa shape index (κ2) is 5.41. The quantitative estimate of drug-likeness (QED) is 0.532. The maximum absolute atomic E-state index is 6.48. The van der Waals surface area contributed by atoms with Gasteiger partial charge in [0.15, 0.2) is 0 Å². The Bertz CT molecular complexity index is 397. The van der Waals surface area contributed by atoms with E-state index in [2.05, 4.69) is 13.8 Å². The third-order valence-corrected chi connectivity index (χ3v) is 8.78. The summed E-state index contributed by atoms with van der Waals surface area (Å²) >= 11 is 6.48. The summed E-state index contributed by atoms with van der Waals surface area (Å²) in [5.74, 6) is 4.09. The van der Waals surface area contributed by atoms with Gasteiger partial charge in [-0.2, -0.15) is 0 Å². The average molecular weight is 312 g/mol. The van der Waals surface area contributed by atoms with Crippen molar-refractivity contribution in [1.29, 1.82) is 0 Å². The van der Waals surface area contributed by atoms with E-state index in [0.29, 0.717) is 16.2 Å². The molecule has 2 heteroatoms. The molecular weight excluding hydrogens is 278 g/mol. The Morgan fingerprint density at radius 3 is 2.48 bits per heavy atom. The predicted molar refractivity (Wildman–Crippen MR) is 91.0 cm³/mol. The van der Waals surface area contributed by atoms with E-state index < -0.39 is 0 Å². The van der Waals surface area contributed by atoms with Crippen LogP contribution in [0.5, 0.6) is 0 Å². The molecule has 0 aliphatic heterocycles. The predicted octanol–water partition coefficient (Wildman–Crippen LogP) is 6.19. The van der Waals surface area contributed by atoms with Crippen LogP contribution in [0.4, 0.5) is 0 Å². The van der Waals surface area contributed by atoms with Crippen molar-refractivity contribution >= 4 is 11.6 Å². The molecule has 4 aliphatic rings. The topological polar surface area (TPSA) is 35.0 Å². The molecule has 0 unspecified atom stereocenters. The van der Waals surface area contributed by atoms with Crippen molar-refractivity contribution in [1.82, 2.24) is 6.15 Å². The van der Waals surface area contributed by atoms with Crippen LogP contribution >= 0.6 is 11.6 Å². The lowest BCUT2D eigenvalue weighted by atomic mass is 9.45. The second-order valence-electron chi connectivity index (χ2n) is 9.11. The molecule has 7 atom stereocenters. The number of hydrogen-bond acceptors (Lipinski definition) is 1. The number of alkyl halides is 1. The molecule has 0 heterocycles. The fourth-order valence-corrected chi connectivity index (χ4v) is 7.52. The zero-order valence-corrected chi connectivity index (χ0v) is 14.8. The monoisotopic (exact) mass is 311 g/mol. The first-order valence-electron chi connectivity index (χ1n) is 9.17. The van der Waals surface area contributed by atoms with Gasteiger partial charge in [0.2, 0.25) is 0 Å². The van der Waals surface area contributed by atoms with Gasteiger partial charge in [-0.05, 0) is 92.3 Å². The molecule has 1 nitrogen and oxygen atoms in total. The average Bonchev–Trinajstić information content (AvgIpc) is 2.81. The van der Waals surface area contributed by atoms with E-state index >= 15 is 0 Å². The maximum atomic E-state index is 6.48. The lowest BCUT2D eigenvalue weighted by molar-refractivity contribution is -0.102. The molecule has 3 N–H and O–H groups in total. The van der Waals surface area contributed by atoms with Gasteiger partial charge in [-0.25, -0.2) is 0 Å². The first kappa shape index (κ1) is 16.1. The highest BCUT2D eigenvalue weighted by molar-refractivity contribution is 6.20. The molecular formula is C19H34ClN. The van der Waals surface area contributed by atoms with Crippen LogP contribution in [0.1, 0.15) is 78.1 Å². The van der Waals surface area contributed by atoms with E-state index in [1.807, 2.05) is 0 Å². The Kier molecular flexibility index (Phi) is 4.15. The van der Waals surface area contributed by atoms with Gasteiger partial charge in [0.1, 0.15) is 0 Å². The lowest BCUT2D eigenvalue weighted by Crippen LogP contribution is -2.52. The van der Waals surface area contributed by atoms with Gasteiger partial charge in [0.25, 0.3) is 0 Å². The molecule has 0 amide bonds. The molecule has 4 saturated carbocycles. The van der Waals surface area contributed by atoms with Gasteiger partial charge in [-0.3, -0.25) is 0 Å². The summed E-state index contributed by atoms with van der Waals surface area (Å²) < 4.78 is 0. The normalized spacial score (nSPS) is 55.9. The number of rotatable bonds is 0. The molecule has 4 fully saturated rings. The van der Waals surface area contributed by atoms with Crippen molar-refractivity contribution in [2.24, 2.45) is 34.5 Å². The van der Waals surface area contributed by atoms with Crippen LogP contribution in [-0.4, -0.2) is 5.38 Å². The summed E-state index contributed by atoms with van der Waals surface area (Å²) in [5.41, 5.74) is 1.35. The fourth-order valence-electron chi connectivity index (χ4n) is 7.20. The molecule has 4 aliphatic carbocycles. The molecule has 0 bridgehead atoms. The van der Waals surface area contributed by atoms with Gasteiger partial charge >= 0.3 is 0 Å². The Morgan fingerprint density at radius 2 is 1.67 bits per heavy atom. The zero-order chi connectivity index (χ0) is 14.0. The zero-order valence-electron chi connectivity index (χ0n) is 14.0. The maximum Gasteiger partial charge on any atom is 0.0339 e. The van der Waals surface area contributed by atoms with Crippen LogP contribution in [0.25, 0.3) is 0 Å². The van der Waals surface area contributed by atoms with Crippen molar-refractivity contribution < 1.29 is 0 Å². The summed E-state index contributed by atoms with van der Waals surface area (Å²) in [6.45, 7) is 5.26. The van der Waals surface area contributed by atoms with E-state index in [9.17, 15) is 0 Å². The standard InChI is InChI=1S/C19H31Cl.H3N/c1-18-9-3-4-16(18)15-6-5-13-12-14(20)7-11-19(13,2)17(15)8-10-18;/h13-17H,3-12H2,1-2H3;1H3/t13-,14-,15-,16-,17-,18-,19-;/m0./s1. The number of hydrogen-bond donors (Lipinski definition) is 1. The summed E-state index contributed by atoms with van der Waals surface area (Å²) in [6, 6.07) is 0. The Hall–Kier alpha value is 0.250. The summed E-state index contributed by atoms with van der Waals surface area (Å²) in [7, 11) is 0. The van der Waals surface area contributed by atoms with Gasteiger partial charge in [-0.15, -0.1) is 11.6 Å². The van der Waals surface area contributed by atoms with Crippen LogP contribution in [0.3, 0.4) is 0 Å². The van der Waals surface area contributed by atoms with Gasteiger partial charge < -0.3 is 6.15 Å². The third kappa shape index (κ3) is 2.29. The van der Waals surface area contributed by atoms with Crippen LogP contribution in [-0.2, 0) is 0 Å². The summed E-state index contributed by atoms with van der Waals surface area (Å²) in [6.07, 6.45) is 14.6. The van der Waals surface area contributed by atoms with Crippen molar-refractivity contribution in [2.45, 2.75) is 83.4 Å². The Morgan fingerprint density at radius 1 is 0.857 bits per heavy atom.